The minimum absolute atomic E-state index is 0.0370. The monoisotopic (exact) mass is 430 g/mol. The first kappa shape index (κ1) is 19.3. The average molecular weight is 430 g/mol. The number of aromatic nitrogens is 1. The third-order valence-electron chi connectivity index (χ3n) is 5.01. The molecule has 0 spiro atoms. The Labute approximate surface area is 182 Å². The zero-order valence-corrected chi connectivity index (χ0v) is 17.5. The van der Waals surface area contributed by atoms with E-state index in [1.165, 1.54) is 23.2 Å². The van der Waals surface area contributed by atoms with Gasteiger partial charge in [-0.1, -0.05) is 35.6 Å². The lowest BCUT2D eigenvalue weighted by molar-refractivity contribution is -0.126. The maximum absolute atomic E-state index is 13.6. The molecule has 1 aromatic heterocycles. The molecule has 0 fully saturated rings. The normalized spacial score (nSPS) is 14.9. The standard InChI is InChI=1S/C24H18N2O4S/c1-15(27)16-10-12-17(13-11-16)26(24-25-18-6-2-5-9-22(18)31-24)23(28)21-14-29-19-7-3-4-8-20(19)30-21/h2-13,21H,14H2,1H3/t21-/m0/s1. The van der Waals surface area contributed by atoms with Gasteiger partial charge in [0.1, 0.15) is 6.61 Å². The van der Waals surface area contributed by atoms with Crippen molar-refractivity contribution in [2.75, 3.05) is 11.5 Å². The molecule has 31 heavy (non-hydrogen) atoms. The predicted octanol–water partition coefficient (Wildman–Crippen LogP) is 5.00. The van der Waals surface area contributed by atoms with E-state index in [9.17, 15) is 9.59 Å². The minimum Gasteiger partial charge on any atom is -0.485 e. The van der Waals surface area contributed by atoms with Crippen LogP contribution >= 0.6 is 11.3 Å². The van der Waals surface area contributed by atoms with Gasteiger partial charge in [0, 0.05) is 5.56 Å². The third-order valence-corrected chi connectivity index (χ3v) is 6.03. The quantitative estimate of drug-likeness (QED) is 0.426. The Kier molecular flexibility index (Phi) is 4.88. The number of ether oxygens (including phenoxy) is 2. The summed E-state index contributed by atoms with van der Waals surface area (Å²) in [4.78, 5) is 31.5. The molecule has 0 unspecified atom stereocenters. The van der Waals surface area contributed by atoms with Gasteiger partial charge in [0.05, 0.1) is 15.9 Å². The topological polar surface area (TPSA) is 68.7 Å². The second kappa shape index (κ2) is 7.85. The maximum Gasteiger partial charge on any atom is 0.278 e. The summed E-state index contributed by atoms with van der Waals surface area (Å²) in [6, 6.07) is 21.9. The second-order valence-electron chi connectivity index (χ2n) is 7.11. The van der Waals surface area contributed by atoms with E-state index in [1.54, 1.807) is 30.3 Å². The fourth-order valence-corrected chi connectivity index (χ4v) is 4.41. The fourth-order valence-electron chi connectivity index (χ4n) is 3.42. The van der Waals surface area contributed by atoms with Crippen molar-refractivity contribution in [3.63, 3.8) is 0 Å². The number of rotatable bonds is 4. The molecule has 1 aliphatic heterocycles. The SMILES string of the molecule is CC(=O)c1ccc(N(C(=O)[C@@H]2COc3ccccc3O2)c2nc3ccccc3s2)cc1. The van der Waals surface area contributed by atoms with E-state index in [1.807, 2.05) is 42.5 Å². The molecule has 7 heteroatoms. The summed E-state index contributed by atoms with van der Waals surface area (Å²) < 4.78 is 12.7. The molecule has 1 atom stereocenters. The molecule has 1 amide bonds. The summed E-state index contributed by atoms with van der Waals surface area (Å²) in [5.74, 6) is 0.821. The number of carbonyl (C=O) groups excluding carboxylic acids is 2. The highest BCUT2D eigenvalue weighted by Gasteiger charge is 2.34. The Bertz CT molecular complexity index is 1250. The van der Waals surface area contributed by atoms with E-state index < -0.39 is 6.10 Å². The molecule has 0 saturated carbocycles. The number of para-hydroxylation sites is 3. The Morgan fingerprint density at radius 1 is 0.968 bits per heavy atom. The van der Waals surface area contributed by atoms with Gasteiger partial charge in [-0.2, -0.15) is 0 Å². The number of ketones is 1. The van der Waals surface area contributed by atoms with Crippen molar-refractivity contribution in [1.29, 1.82) is 0 Å². The Morgan fingerprint density at radius 3 is 2.42 bits per heavy atom. The number of thiazole rings is 1. The lowest BCUT2D eigenvalue weighted by Gasteiger charge is -2.29. The van der Waals surface area contributed by atoms with E-state index in [2.05, 4.69) is 4.98 Å². The lowest BCUT2D eigenvalue weighted by Crippen LogP contribution is -2.44. The smallest absolute Gasteiger partial charge is 0.278 e. The van der Waals surface area contributed by atoms with Crippen molar-refractivity contribution < 1.29 is 19.1 Å². The first-order valence-corrected chi connectivity index (χ1v) is 10.6. The summed E-state index contributed by atoms with van der Waals surface area (Å²) in [6.07, 6.45) is -0.825. The fraction of sp³-hybridized carbons (Fsp3) is 0.125. The zero-order valence-electron chi connectivity index (χ0n) is 16.6. The Hall–Kier alpha value is -3.71. The number of anilines is 2. The molecule has 2 heterocycles. The van der Waals surface area contributed by atoms with Gasteiger partial charge in [-0.3, -0.25) is 14.5 Å². The largest absolute Gasteiger partial charge is 0.485 e. The number of nitrogens with zero attached hydrogens (tertiary/aromatic N) is 2. The highest BCUT2D eigenvalue weighted by atomic mass is 32.1. The van der Waals surface area contributed by atoms with E-state index >= 15 is 0 Å². The lowest BCUT2D eigenvalue weighted by atomic mass is 10.1. The highest BCUT2D eigenvalue weighted by Crippen LogP contribution is 2.36. The van der Waals surface area contributed by atoms with Crippen LogP contribution < -0.4 is 14.4 Å². The Morgan fingerprint density at radius 2 is 1.68 bits per heavy atom. The number of hydrogen-bond acceptors (Lipinski definition) is 6. The van der Waals surface area contributed by atoms with Crippen molar-refractivity contribution >= 4 is 44.1 Å². The second-order valence-corrected chi connectivity index (χ2v) is 8.11. The van der Waals surface area contributed by atoms with Crippen LogP contribution in [0, 0.1) is 0 Å². The summed E-state index contributed by atoms with van der Waals surface area (Å²) >= 11 is 1.42. The van der Waals surface area contributed by atoms with Gasteiger partial charge in [-0.05, 0) is 55.5 Å². The molecule has 0 radical (unpaired) electrons. The molecule has 0 saturated heterocycles. The van der Waals surface area contributed by atoms with Crippen molar-refractivity contribution in [2.24, 2.45) is 0 Å². The van der Waals surface area contributed by atoms with Crippen LogP contribution in [0.5, 0.6) is 11.5 Å². The number of hydrogen-bond donors (Lipinski definition) is 0. The van der Waals surface area contributed by atoms with Crippen molar-refractivity contribution in [3.05, 3.63) is 78.4 Å². The van der Waals surface area contributed by atoms with Gasteiger partial charge in [-0.15, -0.1) is 0 Å². The van der Waals surface area contributed by atoms with Crippen LogP contribution in [0.25, 0.3) is 10.2 Å². The zero-order chi connectivity index (χ0) is 21.4. The summed E-state index contributed by atoms with van der Waals surface area (Å²) in [7, 11) is 0. The molecule has 5 rings (SSSR count). The molecule has 4 aromatic rings. The average Bonchev–Trinajstić information content (AvgIpc) is 3.22. The van der Waals surface area contributed by atoms with Gasteiger partial charge in [0.15, 0.2) is 22.4 Å². The molecule has 3 aromatic carbocycles. The third kappa shape index (κ3) is 3.64. The Balaban J connectivity index is 1.55. The minimum atomic E-state index is -0.825. The molecule has 0 N–H and O–H groups in total. The molecule has 154 valence electrons. The molecular weight excluding hydrogens is 412 g/mol. The van der Waals surface area contributed by atoms with Gasteiger partial charge in [-0.25, -0.2) is 4.98 Å². The van der Waals surface area contributed by atoms with Crippen molar-refractivity contribution in [1.82, 2.24) is 4.98 Å². The van der Waals surface area contributed by atoms with Crippen LogP contribution in [0.2, 0.25) is 0 Å². The first-order valence-electron chi connectivity index (χ1n) is 9.79. The summed E-state index contributed by atoms with van der Waals surface area (Å²) in [5, 5.41) is 0.532. The molecule has 6 nitrogen and oxygen atoms in total. The number of benzene rings is 3. The van der Waals surface area contributed by atoms with Crippen molar-refractivity contribution in [3.8, 4) is 11.5 Å². The number of fused-ring (bicyclic) bond motifs is 2. The van der Waals surface area contributed by atoms with Crippen LogP contribution in [-0.4, -0.2) is 29.4 Å². The molecule has 0 bridgehead atoms. The van der Waals surface area contributed by atoms with E-state index in [-0.39, 0.29) is 18.3 Å². The van der Waals surface area contributed by atoms with Crippen molar-refractivity contribution in [2.45, 2.75) is 13.0 Å². The number of amides is 1. The molecule has 1 aliphatic rings. The number of Topliss-reactive ketones (excluding diaryl/α,β-unsaturated/α-hetero) is 1. The van der Waals surface area contributed by atoms with Crippen LogP contribution in [-0.2, 0) is 4.79 Å². The molecule has 0 aliphatic carbocycles. The van der Waals surface area contributed by atoms with Crippen LogP contribution in [0.15, 0.2) is 72.8 Å². The highest BCUT2D eigenvalue weighted by molar-refractivity contribution is 7.22. The van der Waals surface area contributed by atoms with E-state index in [0.717, 1.165) is 10.2 Å². The van der Waals surface area contributed by atoms with E-state index in [0.29, 0.717) is 27.9 Å². The van der Waals surface area contributed by atoms with Crippen LogP contribution in [0.1, 0.15) is 17.3 Å². The first-order chi connectivity index (χ1) is 15.1. The van der Waals surface area contributed by atoms with Gasteiger partial charge in [0.25, 0.3) is 5.91 Å². The van der Waals surface area contributed by atoms with E-state index in [4.69, 9.17) is 9.47 Å². The molecular formula is C24H18N2O4S. The number of carbonyl (C=O) groups is 2. The van der Waals surface area contributed by atoms with Crippen LogP contribution in [0.4, 0.5) is 10.8 Å². The van der Waals surface area contributed by atoms with Gasteiger partial charge < -0.3 is 9.47 Å². The van der Waals surface area contributed by atoms with Gasteiger partial charge >= 0.3 is 0 Å². The predicted molar refractivity (Wildman–Crippen MR) is 120 cm³/mol. The summed E-state index contributed by atoms with van der Waals surface area (Å²) in [5.41, 5.74) is 2.00. The van der Waals surface area contributed by atoms with Gasteiger partial charge in [0.2, 0.25) is 6.10 Å². The van der Waals surface area contributed by atoms with Crippen LogP contribution in [0.3, 0.4) is 0 Å². The summed E-state index contributed by atoms with van der Waals surface area (Å²) in [6.45, 7) is 1.61. The maximum atomic E-state index is 13.6.